The normalized spacial score (nSPS) is 47.6. The van der Waals surface area contributed by atoms with Crippen LogP contribution in [0.4, 0.5) is 0 Å². The molecule has 0 N–H and O–H groups in total. The zero-order valence-electron chi connectivity index (χ0n) is 75.0. The summed E-state index contributed by atoms with van der Waals surface area (Å²) in [5, 5.41) is 0. The van der Waals surface area contributed by atoms with E-state index >= 15 is 0 Å². The Morgan fingerprint density at radius 2 is 0.571 bits per heavy atom. The van der Waals surface area contributed by atoms with Gasteiger partial charge in [0.25, 0.3) is 0 Å². The van der Waals surface area contributed by atoms with Gasteiger partial charge >= 0.3 is 0 Å². The lowest BCUT2D eigenvalue weighted by molar-refractivity contribution is -0.157. The summed E-state index contributed by atoms with van der Waals surface area (Å²) in [6.07, 6.45) is 101. The molecule has 18 aliphatic carbocycles. The molecule has 20 aliphatic rings. The number of fused-ring (bicyclic) bond motifs is 4. The third-order valence-electron chi connectivity index (χ3n) is 44.0. The van der Waals surface area contributed by atoms with Crippen molar-refractivity contribution in [3.63, 3.8) is 0 Å². The molecule has 0 amide bonds. The molecule has 3 nitrogen and oxygen atoms in total. The third-order valence-corrected chi connectivity index (χ3v) is 44.0. The Morgan fingerprint density at radius 1 is 0.214 bits per heavy atom. The Morgan fingerprint density at radius 3 is 1.01 bits per heavy atom. The number of rotatable bonds is 13. The predicted octanol–water partition coefficient (Wildman–Crippen LogP) is 29.9. The minimum absolute atomic E-state index is 0.434. The summed E-state index contributed by atoms with van der Waals surface area (Å²) in [6.45, 7) is 17.3. The molecule has 112 heavy (non-hydrogen) atoms. The zero-order chi connectivity index (χ0) is 75.3. The molecular weight excluding hydrogens is 1350 g/mol. The van der Waals surface area contributed by atoms with Crippen LogP contribution in [-0.4, -0.2) is 75.8 Å². The minimum Gasteiger partial charge on any atom is -0.295 e. The summed E-state index contributed by atoms with van der Waals surface area (Å²) < 4.78 is 0. The molecule has 2 saturated heterocycles. The van der Waals surface area contributed by atoms with Crippen LogP contribution >= 0.6 is 0 Å². The first kappa shape index (κ1) is 80.4. The van der Waals surface area contributed by atoms with Gasteiger partial charge in [-0.15, -0.1) is 0 Å². The molecule has 0 radical (unpaired) electrons. The highest BCUT2D eigenvalue weighted by Gasteiger charge is 2.70. The standard InChI is InChI=1S/C108H182BN3/c1-107(2,3)85-62-82-48-49-83-63-86(108(4,5)6)68-95-94(65-84(64-85)102(82)103(83)95)81-55-61-98-97(66-81)109-96-60-54-80(73-34-18-9-19-35-73)67-99(96)112(106-92(78-40-24-12-25-41-78)46-29-47-93(106)79-42-26-13-27-43-79)101-70-89(69-100(104(101)109)111(98)105-90(76-36-20-10-21-37-76)44-28-45-91(105)77-38-22-11-23-39-77)110(87-56-50-74(51-57-87)71-30-14-7-15-31-71)88-58-52-75(53-59-88)72-32-16-8-17-33-72/h71-106H,7-70H2,1-6H3. The predicted molar refractivity (Wildman–Crippen MR) is 475 cm³/mol. The van der Waals surface area contributed by atoms with Crippen LogP contribution in [0, 0.1) is 153 Å². The molecule has 2 aliphatic heterocycles. The molecule has 4 heteroatoms. The van der Waals surface area contributed by atoms with E-state index in [1.807, 2.05) is 0 Å². The Bertz CT molecular complexity index is 2850. The fourth-order valence-corrected chi connectivity index (χ4v) is 39.3. The van der Waals surface area contributed by atoms with Crippen LogP contribution in [0.15, 0.2) is 0 Å². The van der Waals surface area contributed by atoms with Crippen molar-refractivity contribution in [1.29, 1.82) is 0 Å². The van der Waals surface area contributed by atoms with Gasteiger partial charge in [0, 0.05) is 54.4 Å². The smallest absolute Gasteiger partial charge is 0.156 e. The largest absolute Gasteiger partial charge is 0.295 e. The van der Waals surface area contributed by atoms with Crippen molar-refractivity contribution in [2.75, 3.05) is 0 Å². The highest BCUT2D eigenvalue weighted by atomic mass is 15.3. The van der Waals surface area contributed by atoms with E-state index in [1.54, 1.807) is 366 Å². The summed E-state index contributed by atoms with van der Waals surface area (Å²) >= 11 is 0. The lowest BCUT2D eigenvalue weighted by Gasteiger charge is -2.73. The average molecular weight is 1530 g/mol. The van der Waals surface area contributed by atoms with Crippen molar-refractivity contribution in [2.24, 2.45) is 153 Å². The van der Waals surface area contributed by atoms with Crippen LogP contribution in [0.5, 0.6) is 0 Å². The molecule has 0 bridgehead atoms. The minimum atomic E-state index is 0.434. The van der Waals surface area contributed by atoms with Gasteiger partial charge in [0.05, 0.1) is 0 Å². The number of hydrogen-bond donors (Lipinski definition) is 0. The first-order valence-corrected chi connectivity index (χ1v) is 54.1. The molecule has 0 aromatic carbocycles. The molecule has 20 fully saturated rings. The Kier molecular flexibility index (Phi) is 25.1. The first-order chi connectivity index (χ1) is 54.8. The van der Waals surface area contributed by atoms with Crippen LogP contribution in [0.3, 0.4) is 0 Å². The summed E-state index contributed by atoms with van der Waals surface area (Å²) in [4.78, 5) is 11.9. The topological polar surface area (TPSA) is 9.72 Å². The molecule has 2 heterocycles. The van der Waals surface area contributed by atoms with E-state index < -0.39 is 0 Å². The fraction of sp³-hybridized carbons (Fsp3) is 1.00. The van der Waals surface area contributed by atoms with Gasteiger partial charge in [0.15, 0.2) is 6.71 Å². The van der Waals surface area contributed by atoms with Crippen LogP contribution in [-0.2, 0) is 0 Å². The zero-order valence-corrected chi connectivity index (χ0v) is 75.0. The second-order valence-electron chi connectivity index (χ2n) is 50.4. The second-order valence-corrected chi connectivity index (χ2v) is 50.4. The maximum absolute atomic E-state index is 4.05. The molecular formula is C108H182BN3. The van der Waals surface area contributed by atoms with Gasteiger partial charge in [-0.2, -0.15) is 0 Å². The van der Waals surface area contributed by atoms with E-state index in [9.17, 15) is 0 Å². The molecule has 632 valence electrons. The van der Waals surface area contributed by atoms with Crippen molar-refractivity contribution in [3.8, 4) is 0 Å². The Balaban J connectivity index is 0.768. The van der Waals surface area contributed by atoms with E-state index in [1.165, 1.54) is 44.9 Å². The van der Waals surface area contributed by atoms with Gasteiger partial charge in [-0.3, -0.25) is 14.7 Å². The molecule has 0 spiro atoms. The van der Waals surface area contributed by atoms with Gasteiger partial charge in [0.2, 0.25) is 0 Å². The highest BCUT2D eigenvalue weighted by molar-refractivity contribution is 6.65. The van der Waals surface area contributed by atoms with E-state index in [0.717, 1.165) is 221 Å². The molecule has 18 saturated carbocycles. The molecule has 20 rings (SSSR count). The van der Waals surface area contributed by atoms with E-state index in [4.69, 9.17) is 0 Å². The van der Waals surface area contributed by atoms with Crippen molar-refractivity contribution in [1.82, 2.24) is 14.7 Å². The van der Waals surface area contributed by atoms with Crippen molar-refractivity contribution < 1.29 is 0 Å². The SMILES string of the molecule is CC(C)(C)C1CC2CCC3CC(C(C)(C)C)CC4C(C5CCC6C(C5)B5C7CCC(C8CCCCC8)CC7N(C7C(C8CCCCC8)CCCC7C7CCCCC7)C7CC(N(C8CCC(C9CCCCC9)CC8)C8CCC(C9CCCCC9)CC8)CC(C57)N6C5C(C6CCCCC6)CCCC5C5CCCCC5)CC(C1)C2C34. The van der Waals surface area contributed by atoms with Crippen molar-refractivity contribution in [3.05, 3.63) is 0 Å². The van der Waals surface area contributed by atoms with Gasteiger partial charge in [0.1, 0.15) is 0 Å². The highest BCUT2D eigenvalue weighted by Crippen LogP contribution is 2.71. The number of hydrogen-bond acceptors (Lipinski definition) is 3. The quantitative estimate of drug-likeness (QED) is 0.170. The van der Waals surface area contributed by atoms with Crippen LogP contribution in [0.1, 0.15) is 452 Å². The van der Waals surface area contributed by atoms with Gasteiger partial charge in [-0.1, -0.05) is 298 Å². The Hall–Kier alpha value is -0.0551. The van der Waals surface area contributed by atoms with E-state index in [0.29, 0.717) is 10.8 Å². The van der Waals surface area contributed by atoms with E-state index in [-0.39, 0.29) is 0 Å². The lowest BCUT2D eigenvalue weighted by atomic mass is 9.18. The summed E-state index contributed by atoms with van der Waals surface area (Å²) in [5.74, 6) is 26.9. The monoisotopic (exact) mass is 1530 g/mol. The van der Waals surface area contributed by atoms with Gasteiger partial charge in [-0.25, -0.2) is 0 Å². The molecule has 23 unspecified atom stereocenters. The molecule has 0 aromatic rings. The Labute approximate surface area is 694 Å². The van der Waals surface area contributed by atoms with E-state index in [2.05, 4.69) is 56.2 Å². The third kappa shape index (κ3) is 15.8. The summed E-state index contributed by atoms with van der Waals surface area (Å²) in [7, 11) is 0. The summed E-state index contributed by atoms with van der Waals surface area (Å²) in [6, 6.07) is 7.56. The maximum atomic E-state index is 4.05. The van der Waals surface area contributed by atoms with Crippen LogP contribution in [0.2, 0.25) is 17.5 Å². The second kappa shape index (κ2) is 34.9. The molecule has 0 aromatic heterocycles. The number of nitrogens with zero attached hydrogens (tertiary/aromatic N) is 3. The molecule has 23 atom stereocenters. The first-order valence-electron chi connectivity index (χ1n) is 54.1. The van der Waals surface area contributed by atoms with Crippen LogP contribution < -0.4 is 0 Å². The van der Waals surface area contributed by atoms with Gasteiger partial charge < -0.3 is 0 Å². The maximum Gasteiger partial charge on any atom is 0.156 e. The lowest BCUT2D eigenvalue weighted by Crippen LogP contribution is -2.78. The van der Waals surface area contributed by atoms with Crippen LogP contribution in [0.25, 0.3) is 0 Å². The van der Waals surface area contributed by atoms with Crippen molar-refractivity contribution in [2.45, 2.75) is 524 Å². The van der Waals surface area contributed by atoms with Crippen molar-refractivity contribution >= 4 is 6.71 Å². The fourth-order valence-electron chi connectivity index (χ4n) is 39.3. The van der Waals surface area contributed by atoms with Gasteiger partial charge in [-0.05, 0) is 324 Å². The average Bonchev–Trinajstić information content (AvgIpc) is 0.687. The summed E-state index contributed by atoms with van der Waals surface area (Å²) in [5.41, 5.74) is 0.881.